The molecule has 0 radical (unpaired) electrons. The van der Waals surface area contributed by atoms with Gasteiger partial charge in [-0.05, 0) is 90.4 Å². The topological polar surface area (TPSA) is 108 Å². The molecule has 2 N–H and O–H groups in total. The van der Waals surface area contributed by atoms with Gasteiger partial charge >= 0.3 is 0 Å². The molecule has 0 aromatic carbocycles. The molecule has 0 saturated carbocycles. The number of unbranched alkanes of at least 4 members (excludes halogenated alkanes) is 6. The number of nitrogens with zero attached hydrogens (tertiary/aromatic N) is 1. The van der Waals surface area contributed by atoms with E-state index in [0.29, 0.717) is 30.3 Å². The summed E-state index contributed by atoms with van der Waals surface area (Å²) in [5, 5.41) is 13.6. The minimum absolute atomic E-state index is 0.0217. The molecule has 1 amide bonds. The average Bonchev–Trinajstić information content (AvgIpc) is 3.12. The lowest BCUT2D eigenvalue weighted by molar-refractivity contribution is -0.870. The van der Waals surface area contributed by atoms with E-state index < -0.39 is 26.6 Å². The second-order valence-electron chi connectivity index (χ2n) is 14.2. The largest absolute Gasteiger partial charge is 0.756 e. The number of phosphoric ester groups is 1. The van der Waals surface area contributed by atoms with Gasteiger partial charge in [-0.2, -0.15) is 0 Å². The molecule has 3 unspecified atom stereocenters. The Morgan fingerprint density at radius 3 is 1.70 bits per heavy atom. The van der Waals surface area contributed by atoms with Crippen molar-refractivity contribution in [2.24, 2.45) is 0 Å². The molecule has 0 heterocycles. The number of carbonyl (C=O) groups is 1. The van der Waals surface area contributed by atoms with Crippen LogP contribution in [0.4, 0.5) is 0 Å². The zero-order chi connectivity index (χ0) is 40.0. The lowest BCUT2D eigenvalue weighted by Gasteiger charge is -2.29. The molecule has 3 atom stereocenters. The number of aliphatic hydroxyl groups is 1. The average molecular weight is 771 g/mol. The molecule has 0 spiro atoms. The van der Waals surface area contributed by atoms with E-state index in [1.165, 1.54) is 0 Å². The predicted molar refractivity (Wildman–Crippen MR) is 228 cm³/mol. The zero-order valence-corrected chi connectivity index (χ0v) is 35.3. The Morgan fingerprint density at radius 2 is 1.17 bits per heavy atom. The van der Waals surface area contributed by atoms with Gasteiger partial charge in [0.1, 0.15) is 13.2 Å². The van der Waals surface area contributed by atoms with Gasteiger partial charge in [0.2, 0.25) is 5.91 Å². The van der Waals surface area contributed by atoms with Gasteiger partial charge in [-0.3, -0.25) is 9.36 Å². The highest BCUT2D eigenvalue weighted by atomic mass is 31.2. The monoisotopic (exact) mass is 771 g/mol. The Bertz CT molecular complexity index is 1240. The summed E-state index contributed by atoms with van der Waals surface area (Å²) in [6, 6.07) is -0.928. The number of amides is 1. The molecule has 0 saturated heterocycles. The molecule has 306 valence electrons. The summed E-state index contributed by atoms with van der Waals surface area (Å²) >= 11 is 0. The fourth-order valence-corrected chi connectivity index (χ4v) is 5.56. The molecule has 0 fully saturated rings. The number of rotatable bonds is 34. The standard InChI is InChI=1S/C45H75N2O6P/c1-6-8-10-12-14-16-17-18-19-20-21-22-23-24-25-26-27-28-29-31-33-35-37-39-45(49)46-43(42-53-54(50,51)52-41-40-47(3,4)5)44(48)38-36-34-32-30-15-13-11-9-7-2/h7-10,14-16,18-19,21-22,24-25,27-28,30,36,38,43-44,48H,6,11-13,17,20,23,26,29,31-35,37,39-42H2,1-5H3,(H-,46,49,50,51)/b9-7+,10-8-,16-14-,19-18-,22-21-,25-24-,28-27-,30-15+,38-36+. The van der Waals surface area contributed by atoms with Gasteiger partial charge < -0.3 is 28.8 Å². The third-order valence-corrected chi connectivity index (χ3v) is 9.00. The Morgan fingerprint density at radius 1 is 0.685 bits per heavy atom. The van der Waals surface area contributed by atoms with Crippen LogP contribution in [-0.4, -0.2) is 68.5 Å². The van der Waals surface area contributed by atoms with Crippen molar-refractivity contribution in [1.82, 2.24) is 5.32 Å². The van der Waals surface area contributed by atoms with Crippen molar-refractivity contribution >= 4 is 13.7 Å². The minimum Gasteiger partial charge on any atom is -0.756 e. The Kier molecular flexibility index (Phi) is 34.0. The van der Waals surface area contributed by atoms with Crippen LogP contribution in [0.1, 0.15) is 117 Å². The third kappa shape index (κ3) is 37.5. The number of quaternary nitrogens is 1. The SMILES string of the molecule is C/C=C/CC/C=C/CC/C=C/C(O)C(COP(=O)([O-])OCC[N+](C)(C)C)NC(=O)CCCCCC/C=C\C/C=C\C/C=C\C/C=C\C/C=C\C/C=C\CC. The molecule has 9 heteroatoms. The van der Waals surface area contributed by atoms with Gasteiger partial charge in [0, 0.05) is 6.42 Å². The van der Waals surface area contributed by atoms with Crippen LogP contribution in [0.2, 0.25) is 0 Å². The summed E-state index contributed by atoms with van der Waals surface area (Å²) in [4.78, 5) is 25.2. The molecule has 0 aromatic heterocycles. The van der Waals surface area contributed by atoms with E-state index in [0.717, 1.165) is 83.5 Å². The van der Waals surface area contributed by atoms with Crippen LogP contribution in [-0.2, 0) is 18.4 Å². The molecule has 0 bridgehead atoms. The van der Waals surface area contributed by atoms with Crippen LogP contribution >= 0.6 is 7.82 Å². The van der Waals surface area contributed by atoms with Crippen molar-refractivity contribution in [3.05, 3.63) is 109 Å². The summed E-state index contributed by atoms with van der Waals surface area (Å²) < 4.78 is 23.0. The zero-order valence-electron chi connectivity index (χ0n) is 34.4. The van der Waals surface area contributed by atoms with Crippen LogP contribution in [0.25, 0.3) is 0 Å². The highest BCUT2D eigenvalue weighted by molar-refractivity contribution is 7.45. The first kappa shape index (κ1) is 51.2. The highest BCUT2D eigenvalue weighted by Gasteiger charge is 2.23. The normalized spacial score (nSPS) is 15.6. The third-order valence-electron chi connectivity index (χ3n) is 8.04. The van der Waals surface area contributed by atoms with E-state index in [1.807, 2.05) is 40.2 Å². The van der Waals surface area contributed by atoms with Gasteiger partial charge in [0.05, 0.1) is 39.9 Å². The molecular weight excluding hydrogens is 695 g/mol. The molecule has 54 heavy (non-hydrogen) atoms. The highest BCUT2D eigenvalue weighted by Crippen LogP contribution is 2.38. The van der Waals surface area contributed by atoms with Gasteiger partial charge in [0.15, 0.2) is 0 Å². The number of phosphoric acid groups is 1. The van der Waals surface area contributed by atoms with E-state index >= 15 is 0 Å². The number of likely N-dealkylation sites (N-methyl/N-ethyl adjacent to an activating group) is 1. The van der Waals surface area contributed by atoms with Crippen LogP contribution < -0.4 is 10.2 Å². The van der Waals surface area contributed by atoms with Crippen molar-refractivity contribution in [2.45, 2.75) is 129 Å². The van der Waals surface area contributed by atoms with Crippen molar-refractivity contribution in [3.63, 3.8) is 0 Å². The van der Waals surface area contributed by atoms with E-state index in [2.05, 4.69) is 103 Å². The molecule has 0 aliphatic rings. The van der Waals surface area contributed by atoms with Crippen LogP contribution in [0.3, 0.4) is 0 Å². The summed E-state index contributed by atoms with van der Waals surface area (Å²) in [5.41, 5.74) is 0. The van der Waals surface area contributed by atoms with Crippen LogP contribution in [0.5, 0.6) is 0 Å². The maximum absolute atomic E-state index is 12.8. The molecule has 0 aliphatic carbocycles. The molecule has 0 aliphatic heterocycles. The molecular formula is C45H75N2O6P. The number of carbonyl (C=O) groups excluding carboxylic acids is 1. The van der Waals surface area contributed by atoms with E-state index in [1.54, 1.807) is 6.08 Å². The molecule has 0 aromatic rings. The van der Waals surface area contributed by atoms with Gasteiger partial charge in [-0.25, -0.2) is 0 Å². The van der Waals surface area contributed by atoms with Gasteiger partial charge in [-0.15, -0.1) is 0 Å². The van der Waals surface area contributed by atoms with Crippen molar-refractivity contribution in [2.75, 3.05) is 40.9 Å². The van der Waals surface area contributed by atoms with Crippen molar-refractivity contribution in [3.8, 4) is 0 Å². The van der Waals surface area contributed by atoms with Gasteiger partial charge in [-0.1, -0.05) is 129 Å². The van der Waals surface area contributed by atoms with E-state index in [4.69, 9.17) is 9.05 Å². The molecule has 8 nitrogen and oxygen atoms in total. The summed E-state index contributed by atoms with van der Waals surface area (Å²) in [5.74, 6) is -0.247. The quantitative estimate of drug-likeness (QED) is 0.0292. The lowest BCUT2D eigenvalue weighted by atomic mass is 10.1. The first-order chi connectivity index (χ1) is 26.0. The first-order valence-corrected chi connectivity index (χ1v) is 21.7. The first-order valence-electron chi connectivity index (χ1n) is 20.2. The maximum Gasteiger partial charge on any atom is 0.268 e. The number of aliphatic hydroxyl groups excluding tert-OH is 1. The number of allylic oxidation sites excluding steroid dienone is 17. The summed E-state index contributed by atoms with van der Waals surface area (Å²) in [6.07, 6.45) is 51.6. The fourth-order valence-electron chi connectivity index (χ4n) is 4.84. The van der Waals surface area contributed by atoms with Crippen LogP contribution in [0, 0.1) is 0 Å². The molecule has 0 rings (SSSR count). The fraction of sp³-hybridized carbons (Fsp3) is 0.578. The minimum atomic E-state index is -4.61. The van der Waals surface area contributed by atoms with Gasteiger partial charge in [0.25, 0.3) is 7.82 Å². The number of hydrogen-bond acceptors (Lipinski definition) is 6. The van der Waals surface area contributed by atoms with Crippen molar-refractivity contribution < 1.29 is 32.9 Å². The van der Waals surface area contributed by atoms with Crippen LogP contribution in [0.15, 0.2) is 109 Å². The maximum atomic E-state index is 12.8. The number of hydrogen-bond donors (Lipinski definition) is 2. The second-order valence-corrected chi connectivity index (χ2v) is 15.7. The summed E-state index contributed by atoms with van der Waals surface area (Å²) in [6.45, 7) is 4.20. The van der Waals surface area contributed by atoms with E-state index in [-0.39, 0.29) is 12.5 Å². The Balaban J connectivity index is 4.46. The Labute approximate surface area is 330 Å². The second kappa shape index (κ2) is 35.8. The number of nitrogens with one attached hydrogen (secondary N) is 1. The predicted octanol–water partition coefficient (Wildman–Crippen LogP) is 10.3. The smallest absolute Gasteiger partial charge is 0.268 e. The van der Waals surface area contributed by atoms with Crippen molar-refractivity contribution in [1.29, 1.82) is 0 Å². The van der Waals surface area contributed by atoms with E-state index in [9.17, 15) is 19.4 Å². The lowest BCUT2D eigenvalue weighted by Crippen LogP contribution is -2.45. The summed E-state index contributed by atoms with van der Waals surface area (Å²) in [7, 11) is 1.19. The Hall–Kier alpha value is -2.84.